The van der Waals surface area contributed by atoms with Gasteiger partial charge in [-0.05, 0) is 47.8 Å². The highest BCUT2D eigenvalue weighted by Crippen LogP contribution is 2.50. The third-order valence-corrected chi connectivity index (χ3v) is 8.33. The maximum absolute atomic E-state index is 2.54. The fourth-order valence-corrected chi connectivity index (χ4v) is 5.29. The van der Waals surface area contributed by atoms with E-state index >= 15 is 0 Å². The first kappa shape index (κ1) is 24.0. The first-order valence-corrected chi connectivity index (χ1v) is 12.4. The first-order valence-electron chi connectivity index (χ1n) is 12.4. The lowest BCUT2D eigenvalue weighted by Gasteiger charge is -2.34. The molecule has 1 saturated carbocycles. The summed E-state index contributed by atoms with van der Waals surface area (Å²) in [6, 6.07) is 0. The molecule has 0 spiro atoms. The van der Waals surface area contributed by atoms with Crippen molar-refractivity contribution in [3.8, 4) is 0 Å². The van der Waals surface area contributed by atoms with Crippen molar-refractivity contribution in [2.45, 2.75) is 126 Å². The Morgan fingerprint density at radius 1 is 0.654 bits per heavy atom. The molecule has 0 bridgehead atoms. The van der Waals surface area contributed by atoms with Crippen LogP contribution < -0.4 is 0 Å². The van der Waals surface area contributed by atoms with Crippen LogP contribution in [-0.2, 0) is 0 Å². The van der Waals surface area contributed by atoms with Crippen molar-refractivity contribution in [1.82, 2.24) is 0 Å². The monoisotopic (exact) mass is 364 g/mol. The minimum atomic E-state index is 0.872. The maximum Gasteiger partial charge on any atom is -0.0355 e. The molecule has 156 valence electrons. The second-order valence-electron chi connectivity index (χ2n) is 10.1. The summed E-state index contributed by atoms with van der Waals surface area (Å²) < 4.78 is 0. The molecular formula is C26H52. The molecule has 7 atom stereocenters. The van der Waals surface area contributed by atoms with E-state index < -0.39 is 0 Å². The molecule has 0 aromatic carbocycles. The summed E-state index contributed by atoms with van der Waals surface area (Å²) in [6.45, 7) is 17.4. The summed E-state index contributed by atoms with van der Waals surface area (Å²) in [5.74, 6) is 6.54. The van der Waals surface area contributed by atoms with Crippen molar-refractivity contribution < 1.29 is 0 Å². The number of rotatable bonds is 16. The van der Waals surface area contributed by atoms with Crippen LogP contribution in [0.4, 0.5) is 0 Å². The second-order valence-corrected chi connectivity index (χ2v) is 10.1. The lowest BCUT2D eigenvalue weighted by atomic mass is 9.71. The molecule has 26 heavy (non-hydrogen) atoms. The van der Waals surface area contributed by atoms with E-state index in [2.05, 4.69) is 48.5 Å². The van der Waals surface area contributed by atoms with Gasteiger partial charge in [-0.25, -0.2) is 0 Å². The normalized spacial score (nSPS) is 25.5. The molecule has 0 aliphatic heterocycles. The third kappa shape index (κ3) is 8.35. The van der Waals surface area contributed by atoms with Crippen LogP contribution in [0.3, 0.4) is 0 Å². The average molecular weight is 365 g/mol. The lowest BCUT2D eigenvalue weighted by molar-refractivity contribution is 0.149. The molecule has 0 aromatic heterocycles. The Morgan fingerprint density at radius 3 is 1.69 bits per heavy atom. The van der Waals surface area contributed by atoms with Gasteiger partial charge in [0.05, 0.1) is 0 Å². The van der Waals surface area contributed by atoms with Crippen molar-refractivity contribution in [3.05, 3.63) is 0 Å². The van der Waals surface area contributed by atoms with Crippen LogP contribution in [0.1, 0.15) is 126 Å². The summed E-state index contributed by atoms with van der Waals surface area (Å²) >= 11 is 0. The molecule has 0 radical (unpaired) electrons. The molecule has 0 nitrogen and oxygen atoms in total. The third-order valence-electron chi connectivity index (χ3n) is 8.33. The van der Waals surface area contributed by atoms with E-state index in [1.165, 1.54) is 77.0 Å². The van der Waals surface area contributed by atoms with Gasteiger partial charge in [0, 0.05) is 0 Å². The molecule has 1 rings (SSSR count). The van der Waals surface area contributed by atoms with E-state index in [-0.39, 0.29) is 0 Å². The maximum atomic E-state index is 2.54. The van der Waals surface area contributed by atoms with Gasteiger partial charge < -0.3 is 0 Å². The van der Waals surface area contributed by atoms with Gasteiger partial charge in [-0.3, -0.25) is 0 Å². The molecule has 0 N–H and O–H groups in total. The summed E-state index contributed by atoms with van der Waals surface area (Å²) in [5, 5.41) is 0. The molecular weight excluding hydrogens is 312 g/mol. The molecule has 0 heterocycles. The first-order chi connectivity index (χ1) is 12.4. The van der Waals surface area contributed by atoms with Crippen molar-refractivity contribution in [2.75, 3.05) is 0 Å². The van der Waals surface area contributed by atoms with Gasteiger partial charge in [0.1, 0.15) is 0 Å². The molecule has 1 aliphatic rings. The summed E-state index contributed by atoms with van der Waals surface area (Å²) in [5.41, 5.74) is 0. The Bertz CT molecular complexity index is 333. The lowest BCUT2D eigenvalue weighted by Crippen LogP contribution is -2.27. The smallest absolute Gasteiger partial charge is 0.0355 e. The van der Waals surface area contributed by atoms with Crippen molar-refractivity contribution in [3.63, 3.8) is 0 Å². The molecule has 1 fully saturated rings. The Balaban J connectivity index is 2.14. The molecule has 0 saturated heterocycles. The predicted molar refractivity (Wildman–Crippen MR) is 120 cm³/mol. The second kappa shape index (κ2) is 13.2. The Morgan fingerprint density at radius 2 is 1.19 bits per heavy atom. The highest BCUT2D eigenvalue weighted by atomic mass is 14.5. The SMILES string of the molecule is CCCCCCCCCCCC(C)C(C)C(C)C(C)C(C)C1CC1CC. The topological polar surface area (TPSA) is 0 Å². The largest absolute Gasteiger partial charge is 0.0654 e. The number of unbranched alkanes of at least 4 members (excludes halogenated alkanes) is 8. The molecule has 1 aliphatic carbocycles. The van der Waals surface area contributed by atoms with Crippen LogP contribution in [0.25, 0.3) is 0 Å². The van der Waals surface area contributed by atoms with E-state index in [9.17, 15) is 0 Å². The zero-order valence-electron chi connectivity index (χ0n) is 19.5. The van der Waals surface area contributed by atoms with Crippen LogP contribution in [-0.4, -0.2) is 0 Å². The zero-order valence-corrected chi connectivity index (χ0v) is 19.5. The zero-order chi connectivity index (χ0) is 19.5. The van der Waals surface area contributed by atoms with E-state index in [4.69, 9.17) is 0 Å². The molecule has 0 aromatic rings. The van der Waals surface area contributed by atoms with E-state index in [0.717, 1.165) is 41.4 Å². The van der Waals surface area contributed by atoms with Crippen molar-refractivity contribution >= 4 is 0 Å². The average Bonchev–Trinajstić information content (AvgIpc) is 3.43. The van der Waals surface area contributed by atoms with Gasteiger partial charge in [0.15, 0.2) is 0 Å². The Kier molecular flexibility index (Phi) is 12.2. The van der Waals surface area contributed by atoms with Gasteiger partial charge in [-0.15, -0.1) is 0 Å². The molecule has 0 heteroatoms. The van der Waals surface area contributed by atoms with Crippen LogP contribution in [0.5, 0.6) is 0 Å². The highest BCUT2D eigenvalue weighted by Gasteiger charge is 2.42. The van der Waals surface area contributed by atoms with Gasteiger partial charge in [-0.1, -0.05) is 119 Å². The Labute approximate surface area is 167 Å². The molecule has 7 unspecified atom stereocenters. The Hall–Kier alpha value is 0. The summed E-state index contributed by atoms with van der Waals surface area (Å²) in [4.78, 5) is 0. The quantitative estimate of drug-likeness (QED) is 0.239. The van der Waals surface area contributed by atoms with Gasteiger partial charge in [0.2, 0.25) is 0 Å². The van der Waals surface area contributed by atoms with Crippen LogP contribution >= 0.6 is 0 Å². The van der Waals surface area contributed by atoms with Crippen LogP contribution in [0.15, 0.2) is 0 Å². The van der Waals surface area contributed by atoms with Crippen molar-refractivity contribution in [1.29, 1.82) is 0 Å². The van der Waals surface area contributed by atoms with E-state index in [0.29, 0.717) is 0 Å². The van der Waals surface area contributed by atoms with Crippen molar-refractivity contribution in [2.24, 2.45) is 41.4 Å². The molecule has 0 amide bonds. The fraction of sp³-hybridized carbons (Fsp3) is 1.00. The van der Waals surface area contributed by atoms with Gasteiger partial charge in [-0.2, -0.15) is 0 Å². The summed E-state index contributed by atoms with van der Waals surface area (Å²) in [7, 11) is 0. The minimum Gasteiger partial charge on any atom is -0.0654 e. The van der Waals surface area contributed by atoms with Gasteiger partial charge in [0.25, 0.3) is 0 Å². The van der Waals surface area contributed by atoms with E-state index in [1.54, 1.807) is 0 Å². The van der Waals surface area contributed by atoms with Gasteiger partial charge >= 0.3 is 0 Å². The number of hydrogen-bond donors (Lipinski definition) is 0. The fourth-order valence-electron chi connectivity index (χ4n) is 5.29. The van der Waals surface area contributed by atoms with Crippen LogP contribution in [0.2, 0.25) is 0 Å². The predicted octanol–water partition coefficient (Wildman–Crippen LogP) is 9.13. The minimum absolute atomic E-state index is 0.872. The number of hydrogen-bond acceptors (Lipinski definition) is 0. The highest BCUT2D eigenvalue weighted by molar-refractivity contribution is 4.92. The van der Waals surface area contributed by atoms with Crippen LogP contribution in [0, 0.1) is 41.4 Å². The standard InChI is InChI=1S/C26H52/c1-8-10-11-12-13-14-15-16-17-18-20(3)21(4)22(5)23(6)24(7)26-19-25(26)9-2/h20-26H,8-19H2,1-7H3. The summed E-state index contributed by atoms with van der Waals surface area (Å²) in [6.07, 6.45) is 17.4. The van der Waals surface area contributed by atoms with E-state index in [1.807, 2.05) is 0 Å².